The van der Waals surface area contributed by atoms with Gasteiger partial charge in [-0.05, 0) is 0 Å². The Kier molecular flexibility index (Phi) is 7.42. The molecule has 0 heterocycles. The maximum atomic E-state index is 10.1. The van der Waals surface area contributed by atoms with Crippen molar-refractivity contribution in [2.45, 2.75) is 0 Å². The number of rotatable bonds is 2. The topological polar surface area (TPSA) is 55.8 Å². The van der Waals surface area contributed by atoms with Gasteiger partial charge in [0, 0.05) is 45.3 Å². The van der Waals surface area contributed by atoms with E-state index in [4.69, 9.17) is 4.89 Å². The van der Waals surface area contributed by atoms with Crippen molar-refractivity contribution >= 4 is 7.82 Å². The summed E-state index contributed by atoms with van der Waals surface area (Å²) in [7, 11) is -1.45. The smallest absolute Gasteiger partial charge is 0.303 e. The Morgan fingerprint density at radius 2 is 1.62 bits per heavy atom. The summed E-state index contributed by atoms with van der Waals surface area (Å²) in [6, 6.07) is 0. The first-order valence-corrected chi connectivity index (χ1v) is 3.06. The molecule has 0 aromatic carbocycles. The van der Waals surface area contributed by atoms with E-state index >= 15 is 0 Å². The molecule has 0 atom stereocenters. The summed E-state index contributed by atoms with van der Waals surface area (Å²) in [5, 5.41) is 0. The summed E-state index contributed by atoms with van der Waals surface area (Å²) >= 11 is 0. The SMILES string of the molecule is COP(=O)(O)OC.[U]. The molecule has 0 saturated carbocycles. The van der Waals surface area contributed by atoms with Crippen LogP contribution in [0.1, 0.15) is 0 Å². The molecule has 6 heteroatoms. The van der Waals surface area contributed by atoms with Crippen molar-refractivity contribution in [3.05, 3.63) is 0 Å². The van der Waals surface area contributed by atoms with Crippen molar-refractivity contribution < 1.29 is 49.6 Å². The first-order valence-electron chi connectivity index (χ1n) is 1.56. The van der Waals surface area contributed by atoms with E-state index in [0.717, 1.165) is 14.2 Å². The van der Waals surface area contributed by atoms with Gasteiger partial charge in [-0.25, -0.2) is 4.57 Å². The molecule has 0 saturated heterocycles. The molecule has 0 fully saturated rings. The summed E-state index contributed by atoms with van der Waals surface area (Å²) in [4.78, 5) is 8.24. The molecule has 8 heavy (non-hydrogen) atoms. The number of hydrogen-bond donors (Lipinski definition) is 1. The molecular formula is C2H7O4PU. The van der Waals surface area contributed by atoms with Gasteiger partial charge >= 0.3 is 7.82 Å². The van der Waals surface area contributed by atoms with Gasteiger partial charge in [0.25, 0.3) is 0 Å². The monoisotopic (exact) mass is 364 g/mol. The molecule has 0 unspecified atom stereocenters. The number of hydrogen-bond acceptors (Lipinski definition) is 3. The van der Waals surface area contributed by atoms with Crippen LogP contribution in [0.25, 0.3) is 0 Å². The largest absolute Gasteiger partial charge is 0.471 e. The average Bonchev–Trinajstić information content (AvgIpc) is 1.68. The minimum Gasteiger partial charge on any atom is -0.303 e. The van der Waals surface area contributed by atoms with E-state index in [2.05, 4.69) is 9.05 Å². The molecular weight excluding hydrogens is 357 g/mol. The molecule has 1 N–H and O–H groups in total. The minimum atomic E-state index is -3.65. The maximum absolute atomic E-state index is 10.1. The Labute approximate surface area is 71.6 Å². The van der Waals surface area contributed by atoms with Crippen LogP contribution in [0, 0.1) is 31.1 Å². The fourth-order valence-electron chi connectivity index (χ4n) is 0.0745. The Balaban J connectivity index is 0. The van der Waals surface area contributed by atoms with E-state index in [1.54, 1.807) is 0 Å². The average molecular weight is 364 g/mol. The quantitative estimate of drug-likeness (QED) is 0.720. The van der Waals surface area contributed by atoms with Crippen LogP contribution in [0.3, 0.4) is 0 Å². The zero-order valence-corrected chi connectivity index (χ0v) is 9.68. The van der Waals surface area contributed by atoms with Crippen LogP contribution >= 0.6 is 7.82 Å². The summed E-state index contributed by atoms with van der Waals surface area (Å²) < 4.78 is 18.0. The molecule has 0 bridgehead atoms. The predicted octanol–water partition coefficient (Wildman–Crippen LogP) is 0.380. The predicted molar refractivity (Wildman–Crippen MR) is 23.8 cm³/mol. The molecule has 0 aliphatic heterocycles. The van der Waals surface area contributed by atoms with Crippen LogP contribution in [0.5, 0.6) is 0 Å². The van der Waals surface area contributed by atoms with Gasteiger partial charge in [0.15, 0.2) is 0 Å². The van der Waals surface area contributed by atoms with Gasteiger partial charge in [0.05, 0.1) is 0 Å². The molecule has 0 spiro atoms. The molecule has 0 aromatic rings. The minimum absolute atomic E-state index is 0. The standard InChI is InChI=1S/C2H7O4P.U/c1-5-7(3,4)6-2;/h1-2H3,(H,3,4);. The van der Waals surface area contributed by atoms with Crippen molar-refractivity contribution in [3.63, 3.8) is 0 Å². The second-order valence-corrected chi connectivity index (χ2v) is 2.50. The van der Waals surface area contributed by atoms with Gasteiger partial charge in [0.1, 0.15) is 0 Å². The van der Waals surface area contributed by atoms with E-state index in [0.29, 0.717) is 0 Å². The van der Waals surface area contributed by atoms with E-state index < -0.39 is 7.82 Å². The first kappa shape index (κ1) is 11.9. The van der Waals surface area contributed by atoms with Gasteiger partial charge in [0.2, 0.25) is 0 Å². The van der Waals surface area contributed by atoms with Crippen molar-refractivity contribution in [2.24, 2.45) is 0 Å². The fraction of sp³-hybridized carbons (Fsp3) is 1.00. The van der Waals surface area contributed by atoms with Crippen LogP contribution in [0.15, 0.2) is 0 Å². The van der Waals surface area contributed by atoms with E-state index in [1.807, 2.05) is 0 Å². The van der Waals surface area contributed by atoms with E-state index in [-0.39, 0.29) is 31.1 Å². The Hall–Kier alpha value is 1.16. The van der Waals surface area contributed by atoms with Crippen molar-refractivity contribution in [1.29, 1.82) is 0 Å². The molecule has 48 valence electrons. The number of phosphoric acid groups is 1. The van der Waals surface area contributed by atoms with Crippen molar-refractivity contribution in [1.82, 2.24) is 0 Å². The van der Waals surface area contributed by atoms with Gasteiger partial charge < -0.3 is 4.89 Å². The summed E-state index contributed by atoms with van der Waals surface area (Å²) in [5.74, 6) is 0. The van der Waals surface area contributed by atoms with Crippen LogP contribution in [0.2, 0.25) is 0 Å². The van der Waals surface area contributed by atoms with Crippen LogP contribution in [0.4, 0.5) is 0 Å². The van der Waals surface area contributed by atoms with Crippen molar-refractivity contribution in [3.8, 4) is 0 Å². The molecule has 4 nitrogen and oxygen atoms in total. The van der Waals surface area contributed by atoms with Gasteiger partial charge in [-0.2, -0.15) is 0 Å². The molecule has 0 aromatic heterocycles. The zero-order valence-electron chi connectivity index (χ0n) is 4.62. The summed E-state index contributed by atoms with van der Waals surface area (Å²) in [6.07, 6.45) is 0. The Morgan fingerprint density at radius 3 is 1.62 bits per heavy atom. The second kappa shape index (κ2) is 4.99. The van der Waals surface area contributed by atoms with Crippen molar-refractivity contribution in [2.75, 3.05) is 14.2 Å². The van der Waals surface area contributed by atoms with Crippen LogP contribution in [-0.2, 0) is 13.6 Å². The van der Waals surface area contributed by atoms with E-state index in [9.17, 15) is 4.57 Å². The molecule has 0 amide bonds. The normalized spacial score (nSPS) is 10.4. The Morgan fingerprint density at radius 1 is 1.38 bits per heavy atom. The van der Waals surface area contributed by atoms with E-state index in [1.165, 1.54) is 0 Å². The van der Waals surface area contributed by atoms with Gasteiger partial charge in [-0.15, -0.1) is 0 Å². The first-order chi connectivity index (χ1) is 3.12. The maximum Gasteiger partial charge on any atom is 0.471 e. The van der Waals surface area contributed by atoms with Gasteiger partial charge in [-0.3, -0.25) is 9.05 Å². The second-order valence-electron chi connectivity index (χ2n) is 0.834. The molecule has 0 radical (unpaired) electrons. The zero-order chi connectivity index (χ0) is 5.91. The van der Waals surface area contributed by atoms with Gasteiger partial charge in [-0.1, -0.05) is 0 Å². The van der Waals surface area contributed by atoms with Crippen LogP contribution in [-0.4, -0.2) is 19.1 Å². The third-order valence-electron chi connectivity index (χ3n) is 0.461. The fourth-order valence-corrected chi connectivity index (χ4v) is 0.224. The molecule has 0 rings (SSSR count). The molecule has 0 aliphatic rings. The molecule has 0 aliphatic carbocycles. The summed E-state index contributed by atoms with van der Waals surface area (Å²) in [5.41, 5.74) is 0. The summed E-state index contributed by atoms with van der Waals surface area (Å²) in [6.45, 7) is 0. The van der Waals surface area contributed by atoms with Crippen LogP contribution < -0.4 is 0 Å². The third kappa shape index (κ3) is 5.30. The number of phosphoric ester groups is 1. The Bertz CT molecular complexity index is 86.0. The third-order valence-corrected chi connectivity index (χ3v) is 1.38.